The average Bonchev–Trinajstić information content (AvgIpc) is 2.75. The second kappa shape index (κ2) is 9.28. The maximum Gasteiger partial charge on any atom is 0.271 e. The fraction of sp³-hybridized carbons (Fsp3) is 0.0833. The number of hydrogen-bond donors (Lipinski definition) is 2. The van der Waals surface area contributed by atoms with Crippen LogP contribution in [0.3, 0.4) is 0 Å². The van der Waals surface area contributed by atoms with Gasteiger partial charge in [0.1, 0.15) is 11.9 Å². The first-order valence-corrected chi connectivity index (χ1v) is 10.7. The van der Waals surface area contributed by atoms with E-state index in [2.05, 4.69) is 61.9 Å². The Balaban J connectivity index is 1.57. The maximum absolute atomic E-state index is 12.8. The summed E-state index contributed by atoms with van der Waals surface area (Å²) in [5, 5.41) is 9.45. The lowest BCUT2D eigenvalue weighted by molar-refractivity contribution is 0.0936. The fourth-order valence-electron chi connectivity index (χ4n) is 3.23. The molecule has 0 bridgehead atoms. The minimum absolute atomic E-state index is 0.241. The molecule has 2 N–H and O–H groups in total. The third-order valence-corrected chi connectivity index (χ3v) is 5.43. The van der Waals surface area contributed by atoms with Crippen molar-refractivity contribution in [3.8, 4) is 0 Å². The highest BCUT2D eigenvalue weighted by atomic mass is 79.9. The van der Waals surface area contributed by atoms with E-state index in [-0.39, 0.29) is 12.1 Å². The summed E-state index contributed by atoms with van der Waals surface area (Å²) in [5.74, 6) is -0.241. The van der Waals surface area contributed by atoms with Gasteiger partial charge >= 0.3 is 0 Å². The Hall–Kier alpha value is -2.89. The highest BCUT2D eigenvalue weighted by Crippen LogP contribution is 2.19. The second-order valence-corrected chi connectivity index (χ2v) is 8.28. The number of pyridine rings is 1. The Morgan fingerprint density at radius 2 is 1.73 bits per heavy atom. The van der Waals surface area contributed by atoms with Gasteiger partial charge in [0.2, 0.25) is 0 Å². The van der Waals surface area contributed by atoms with Crippen LogP contribution in [0.2, 0.25) is 5.02 Å². The van der Waals surface area contributed by atoms with Crippen molar-refractivity contribution in [3.05, 3.63) is 106 Å². The SMILES string of the molecule is O=C(NC(Cc1ccc2ccccc2c1)Nc1ccc(Cl)cc1)c1ccc(Br)cn1. The molecule has 0 aliphatic rings. The number of fused-ring (bicyclic) bond motifs is 1. The second-order valence-electron chi connectivity index (χ2n) is 6.92. The number of aromatic nitrogens is 1. The zero-order chi connectivity index (χ0) is 20.9. The van der Waals surface area contributed by atoms with Gasteiger partial charge in [-0.15, -0.1) is 0 Å². The zero-order valence-electron chi connectivity index (χ0n) is 16.0. The summed E-state index contributed by atoms with van der Waals surface area (Å²) in [6, 6.07) is 25.5. The summed E-state index contributed by atoms with van der Waals surface area (Å²) < 4.78 is 0.825. The number of hydrogen-bond acceptors (Lipinski definition) is 3. The Morgan fingerprint density at radius 1 is 0.967 bits per heavy atom. The van der Waals surface area contributed by atoms with Crippen molar-refractivity contribution in [2.24, 2.45) is 0 Å². The van der Waals surface area contributed by atoms with Gasteiger partial charge in [-0.3, -0.25) is 4.79 Å². The first-order chi connectivity index (χ1) is 14.6. The fourth-order valence-corrected chi connectivity index (χ4v) is 3.59. The van der Waals surface area contributed by atoms with Crippen LogP contribution in [0, 0.1) is 0 Å². The highest BCUT2D eigenvalue weighted by Gasteiger charge is 2.16. The van der Waals surface area contributed by atoms with E-state index in [4.69, 9.17) is 11.6 Å². The number of benzene rings is 3. The van der Waals surface area contributed by atoms with Crippen LogP contribution in [0.25, 0.3) is 10.8 Å². The number of carbonyl (C=O) groups is 1. The molecule has 30 heavy (non-hydrogen) atoms. The van der Waals surface area contributed by atoms with Crippen LogP contribution < -0.4 is 10.6 Å². The normalized spacial score (nSPS) is 11.8. The predicted molar refractivity (Wildman–Crippen MR) is 126 cm³/mol. The summed E-state index contributed by atoms with van der Waals surface area (Å²) in [6.45, 7) is 0. The predicted octanol–water partition coefficient (Wildman–Crippen LogP) is 6.06. The number of rotatable bonds is 6. The molecular weight excluding hydrogens is 462 g/mol. The van der Waals surface area contributed by atoms with E-state index in [0.29, 0.717) is 17.1 Å². The summed E-state index contributed by atoms with van der Waals surface area (Å²) in [6.07, 6.45) is 1.89. The molecule has 0 spiro atoms. The van der Waals surface area contributed by atoms with Gasteiger partial charge in [0.15, 0.2) is 0 Å². The van der Waals surface area contributed by atoms with E-state index in [0.717, 1.165) is 15.7 Å². The van der Waals surface area contributed by atoms with Crippen LogP contribution in [-0.2, 0) is 6.42 Å². The number of anilines is 1. The summed E-state index contributed by atoms with van der Waals surface area (Å²) in [4.78, 5) is 17.0. The molecular formula is C24H19BrClN3O. The third-order valence-electron chi connectivity index (χ3n) is 4.70. The average molecular weight is 481 g/mol. The first-order valence-electron chi connectivity index (χ1n) is 9.49. The van der Waals surface area contributed by atoms with E-state index >= 15 is 0 Å². The van der Waals surface area contributed by atoms with Gasteiger partial charge in [-0.1, -0.05) is 54.1 Å². The van der Waals surface area contributed by atoms with Gasteiger partial charge in [-0.25, -0.2) is 4.98 Å². The van der Waals surface area contributed by atoms with Crippen LogP contribution in [0.15, 0.2) is 89.5 Å². The molecule has 150 valence electrons. The monoisotopic (exact) mass is 479 g/mol. The van der Waals surface area contributed by atoms with E-state index < -0.39 is 0 Å². The van der Waals surface area contributed by atoms with Crippen LogP contribution in [0.4, 0.5) is 5.69 Å². The molecule has 0 saturated heterocycles. The largest absolute Gasteiger partial charge is 0.365 e. The Bertz CT molecular complexity index is 1160. The Morgan fingerprint density at radius 3 is 2.47 bits per heavy atom. The lowest BCUT2D eigenvalue weighted by atomic mass is 10.0. The lowest BCUT2D eigenvalue weighted by Gasteiger charge is -2.22. The highest BCUT2D eigenvalue weighted by molar-refractivity contribution is 9.10. The summed E-state index contributed by atoms with van der Waals surface area (Å²) in [7, 11) is 0. The van der Waals surface area contributed by atoms with E-state index in [1.54, 1.807) is 18.3 Å². The number of nitrogens with one attached hydrogen (secondary N) is 2. The van der Waals surface area contributed by atoms with Crippen molar-refractivity contribution in [3.63, 3.8) is 0 Å². The van der Waals surface area contributed by atoms with Crippen molar-refractivity contribution < 1.29 is 4.79 Å². The first kappa shape index (κ1) is 20.4. The van der Waals surface area contributed by atoms with E-state index in [1.807, 2.05) is 36.4 Å². The molecule has 1 amide bonds. The smallest absolute Gasteiger partial charge is 0.271 e. The van der Waals surface area contributed by atoms with E-state index in [9.17, 15) is 4.79 Å². The van der Waals surface area contributed by atoms with Gasteiger partial charge in [0.05, 0.1) is 0 Å². The van der Waals surface area contributed by atoms with Gasteiger partial charge in [0.25, 0.3) is 5.91 Å². The molecule has 3 aromatic carbocycles. The van der Waals surface area contributed by atoms with Gasteiger partial charge < -0.3 is 10.6 Å². The maximum atomic E-state index is 12.8. The molecule has 0 aliphatic carbocycles. The van der Waals surface area contributed by atoms with Crippen LogP contribution >= 0.6 is 27.5 Å². The van der Waals surface area contributed by atoms with Crippen LogP contribution in [0.5, 0.6) is 0 Å². The standard InChI is InChI=1S/C24H19BrClN3O/c25-19-7-12-22(27-15-19)24(30)29-23(28-21-10-8-20(26)9-11-21)14-16-5-6-17-3-1-2-4-18(17)13-16/h1-13,15,23,28H,14H2,(H,29,30). The lowest BCUT2D eigenvalue weighted by Crippen LogP contribution is -2.42. The third kappa shape index (κ3) is 5.17. The zero-order valence-corrected chi connectivity index (χ0v) is 18.3. The van der Waals surface area contributed by atoms with Crippen molar-refractivity contribution >= 4 is 49.9 Å². The van der Waals surface area contributed by atoms with Gasteiger partial charge in [-0.2, -0.15) is 0 Å². The van der Waals surface area contributed by atoms with Crippen molar-refractivity contribution in [1.29, 1.82) is 0 Å². The quantitative estimate of drug-likeness (QED) is 0.330. The number of nitrogens with zero attached hydrogens (tertiary/aromatic N) is 1. The van der Waals surface area contributed by atoms with Crippen LogP contribution in [-0.4, -0.2) is 17.1 Å². The molecule has 1 atom stereocenters. The van der Waals surface area contributed by atoms with Gasteiger partial charge in [-0.05, 0) is 68.7 Å². The van der Waals surface area contributed by atoms with E-state index in [1.165, 1.54) is 10.8 Å². The minimum atomic E-state index is -0.328. The number of carbonyl (C=O) groups excluding carboxylic acids is 1. The molecule has 1 unspecified atom stereocenters. The summed E-state index contributed by atoms with van der Waals surface area (Å²) >= 11 is 9.34. The van der Waals surface area contributed by atoms with Gasteiger partial charge in [0, 0.05) is 27.8 Å². The van der Waals surface area contributed by atoms with Crippen molar-refractivity contribution in [1.82, 2.24) is 10.3 Å². The molecule has 0 radical (unpaired) electrons. The molecule has 0 fully saturated rings. The van der Waals surface area contributed by atoms with Crippen molar-refractivity contribution in [2.75, 3.05) is 5.32 Å². The topological polar surface area (TPSA) is 54.0 Å². The molecule has 0 saturated carbocycles. The number of amides is 1. The molecule has 6 heteroatoms. The number of halogens is 2. The molecule has 4 aromatic rings. The molecule has 4 rings (SSSR count). The summed E-state index contributed by atoms with van der Waals surface area (Å²) in [5.41, 5.74) is 2.35. The Labute approximate surface area is 188 Å². The minimum Gasteiger partial charge on any atom is -0.365 e. The molecule has 1 heterocycles. The van der Waals surface area contributed by atoms with Crippen molar-refractivity contribution in [2.45, 2.75) is 12.6 Å². The molecule has 1 aromatic heterocycles. The Kier molecular flexibility index (Phi) is 6.31. The van der Waals surface area contributed by atoms with Crippen LogP contribution in [0.1, 0.15) is 16.1 Å². The molecule has 4 nitrogen and oxygen atoms in total. The molecule has 0 aliphatic heterocycles.